The van der Waals surface area contributed by atoms with Crippen molar-refractivity contribution in [3.8, 4) is 11.4 Å². The molecule has 0 bridgehead atoms. The molecule has 0 unspecified atom stereocenters. The first-order valence-corrected chi connectivity index (χ1v) is 9.65. The summed E-state index contributed by atoms with van der Waals surface area (Å²) in [4.78, 5) is 16.5. The smallest absolute Gasteiger partial charge is 0.236 e. The average molecular weight is 403 g/mol. The molecule has 0 radical (unpaired) electrons. The second-order valence-electron chi connectivity index (χ2n) is 5.18. The van der Waals surface area contributed by atoms with E-state index in [2.05, 4.69) is 24.9 Å². The number of nitrogens with zero attached hydrogens (tertiary/aromatic N) is 5. The molecule has 0 spiro atoms. The van der Waals surface area contributed by atoms with Gasteiger partial charge >= 0.3 is 0 Å². The fourth-order valence-corrected chi connectivity index (χ4v) is 3.65. The first-order valence-electron chi connectivity index (χ1n) is 7.51. The second-order valence-corrected chi connectivity index (χ2v) is 7.31. The van der Waals surface area contributed by atoms with Gasteiger partial charge < -0.3 is 0 Å². The van der Waals surface area contributed by atoms with Gasteiger partial charge in [0.2, 0.25) is 11.0 Å². The summed E-state index contributed by atoms with van der Waals surface area (Å²) < 4.78 is 6.09. The van der Waals surface area contributed by atoms with E-state index in [-0.39, 0.29) is 11.7 Å². The number of carbonyl (C=O) groups excluding carboxylic acids is 1. The standard InChI is InChI=1S/C16H11ClN6OS2/c17-11-6-4-10(5-7-11)14-19-15(26-22-14)18-13(24)9-25-16-21-20-12-3-1-2-8-23(12)16/h1-8H,9H2,(H,18,19,22,24). The maximum atomic E-state index is 12.2. The molecule has 3 aromatic heterocycles. The Kier molecular flexibility index (Phi) is 4.83. The van der Waals surface area contributed by atoms with Crippen LogP contribution in [0.5, 0.6) is 0 Å². The lowest BCUT2D eigenvalue weighted by atomic mass is 10.2. The van der Waals surface area contributed by atoms with Gasteiger partial charge in [0.15, 0.2) is 16.6 Å². The molecule has 3 heterocycles. The lowest BCUT2D eigenvalue weighted by Gasteiger charge is -2.00. The Morgan fingerprint density at radius 2 is 2.04 bits per heavy atom. The van der Waals surface area contributed by atoms with Gasteiger partial charge in [-0.1, -0.05) is 29.4 Å². The number of benzene rings is 1. The van der Waals surface area contributed by atoms with E-state index in [1.54, 1.807) is 12.1 Å². The van der Waals surface area contributed by atoms with Gasteiger partial charge in [0.25, 0.3) is 0 Å². The van der Waals surface area contributed by atoms with Gasteiger partial charge in [-0.2, -0.15) is 9.36 Å². The van der Waals surface area contributed by atoms with Crippen LogP contribution < -0.4 is 5.32 Å². The van der Waals surface area contributed by atoms with Crippen LogP contribution in [0.4, 0.5) is 5.13 Å². The van der Waals surface area contributed by atoms with Crippen LogP contribution in [-0.2, 0) is 4.79 Å². The van der Waals surface area contributed by atoms with Crippen molar-refractivity contribution in [1.82, 2.24) is 24.0 Å². The van der Waals surface area contributed by atoms with Crippen LogP contribution in [0.3, 0.4) is 0 Å². The van der Waals surface area contributed by atoms with Crippen molar-refractivity contribution in [3.63, 3.8) is 0 Å². The van der Waals surface area contributed by atoms with Crippen LogP contribution >= 0.6 is 34.9 Å². The Morgan fingerprint density at radius 1 is 1.19 bits per heavy atom. The third-order valence-electron chi connectivity index (χ3n) is 3.39. The van der Waals surface area contributed by atoms with Gasteiger partial charge in [-0.3, -0.25) is 14.5 Å². The Bertz CT molecular complexity index is 1060. The Labute approximate surface area is 161 Å². The highest BCUT2D eigenvalue weighted by Gasteiger charge is 2.12. The first kappa shape index (κ1) is 17.0. The van der Waals surface area contributed by atoms with Crippen LogP contribution in [0.2, 0.25) is 5.02 Å². The molecule has 0 saturated heterocycles. The highest BCUT2D eigenvalue weighted by atomic mass is 35.5. The highest BCUT2D eigenvalue weighted by Crippen LogP contribution is 2.23. The number of nitrogens with one attached hydrogen (secondary N) is 1. The van der Waals surface area contributed by atoms with E-state index in [0.717, 1.165) is 22.7 Å². The SMILES string of the molecule is O=C(CSc1nnc2ccccn12)Nc1nc(-c2ccc(Cl)cc2)ns1. The summed E-state index contributed by atoms with van der Waals surface area (Å²) in [6.45, 7) is 0. The first-order chi connectivity index (χ1) is 12.7. The molecule has 4 aromatic rings. The number of aromatic nitrogens is 5. The van der Waals surface area contributed by atoms with Crippen LogP contribution in [0.25, 0.3) is 17.0 Å². The zero-order valence-electron chi connectivity index (χ0n) is 13.2. The highest BCUT2D eigenvalue weighted by molar-refractivity contribution is 7.99. The zero-order chi connectivity index (χ0) is 17.9. The number of hydrogen-bond acceptors (Lipinski definition) is 7. The summed E-state index contributed by atoms with van der Waals surface area (Å²) in [5, 5.41) is 12.7. The van der Waals surface area contributed by atoms with Gasteiger partial charge in [0, 0.05) is 28.3 Å². The van der Waals surface area contributed by atoms with Crippen LogP contribution in [0.1, 0.15) is 0 Å². The Balaban J connectivity index is 1.38. The third-order valence-corrected chi connectivity index (χ3v) is 5.22. The fourth-order valence-electron chi connectivity index (χ4n) is 2.19. The van der Waals surface area contributed by atoms with E-state index in [0.29, 0.717) is 21.1 Å². The van der Waals surface area contributed by atoms with Crippen molar-refractivity contribution in [1.29, 1.82) is 0 Å². The minimum atomic E-state index is -0.179. The predicted molar refractivity (Wildman–Crippen MR) is 103 cm³/mol. The summed E-state index contributed by atoms with van der Waals surface area (Å²) in [5.74, 6) is 0.575. The van der Waals surface area contributed by atoms with Gasteiger partial charge in [-0.15, -0.1) is 10.2 Å². The minimum Gasteiger partial charge on any atom is -0.300 e. The molecule has 0 aliphatic rings. The maximum absolute atomic E-state index is 12.2. The molecular weight excluding hydrogens is 392 g/mol. The molecule has 1 amide bonds. The lowest BCUT2D eigenvalue weighted by Crippen LogP contribution is -2.14. The number of hydrogen-bond donors (Lipinski definition) is 1. The Morgan fingerprint density at radius 3 is 2.88 bits per heavy atom. The summed E-state index contributed by atoms with van der Waals surface area (Å²) in [6, 6.07) is 12.9. The number of thioether (sulfide) groups is 1. The number of pyridine rings is 1. The molecule has 0 atom stereocenters. The molecule has 1 aromatic carbocycles. The number of rotatable bonds is 5. The van der Waals surface area contributed by atoms with E-state index in [9.17, 15) is 4.79 Å². The van der Waals surface area contributed by atoms with Gasteiger partial charge in [-0.05, 0) is 36.4 Å². The van der Waals surface area contributed by atoms with Crippen molar-refractivity contribution in [2.75, 3.05) is 11.1 Å². The van der Waals surface area contributed by atoms with Crippen molar-refractivity contribution >= 4 is 51.6 Å². The molecule has 26 heavy (non-hydrogen) atoms. The summed E-state index contributed by atoms with van der Waals surface area (Å²) in [6.07, 6.45) is 1.86. The van der Waals surface area contributed by atoms with Crippen LogP contribution in [0.15, 0.2) is 53.8 Å². The molecular formula is C16H11ClN6OS2. The van der Waals surface area contributed by atoms with Gasteiger partial charge in [0.05, 0.1) is 5.75 Å². The molecule has 1 N–H and O–H groups in total. The molecule has 0 aliphatic carbocycles. The number of anilines is 1. The van der Waals surface area contributed by atoms with Crippen molar-refractivity contribution in [2.24, 2.45) is 0 Å². The van der Waals surface area contributed by atoms with E-state index < -0.39 is 0 Å². The summed E-state index contributed by atoms with van der Waals surface area (Å²) >= 11 is 8.32. The predicted octanol–water partition coefficient (Wildman–Crippen LogP) is 3.63. The van der Waals surface area contributed by atoms with Gasteiger partial charge in [-0.25, -0.2) is 0 Å². The summed E-state index contributed by atoms with van der Waals surface area (Å²) in [7, 11) is 0. The van der Waals surface area contributed by atoms with Crippen LogP contribution in [0, 0.1) is 0 Å². The molecule has 130 valence electrons. The molecule has 4 rings (SSSR count). The number of carbonyl (C=O) groups is 1. The van der Waals surface area contributed by atoms with Gasteiger partial charge in [0.1, 0.15) is 0 Å². The maximum Gasteiger partial charge on any atom is 0.236 e. The van der Waals surface area contributed by atoms with Crippen molar-refractivity contribution in [2.45, 2.75) is 5.16 Å². The van der Waals surface area contributed by atoms with E-state index in [4.69, 9.17) is 11.6 Å². The number of fused-ring (bicyclic) bond motifs is 1. The molecule has 0 aliphatic heterocycles. The number of halogens is 1. The van der Waals surface area contributed by atoms with E-state index in [1.165, 1.54) is 11.8 Å². The largest absolute Gasteiger partial charge is 0.300 e. The number of amides is 1. The van der Waals surface area contributed by atoms with E-state index in [1.807, 2.05) is 40.9 Å². The quantitative estimate of drug-likeness (QED) is 0.513. The molecule has 0 saturated carbocycles. The monoisotopic (exact) mass is 402 g/mol. The van der Waals surface area contributed by atoms with Crippen molar-refractivity contribution < 1.29 is 4.79 Å². The zero-order valence-corrected chi connectivity index (χ0v) is 15.6. The average Bonchev–Trinajstić information content (AvgIpc) is 3.28. The lowest BCUT2D eigenvalue weighted by molar-refractivity contribution is -0.113. The molecule has 0 fully saturated rings. The van der Waals surface area contributed by atoms with Crippen LogP contribution in [-0.4, -0.2) is 35.6 Å². The minimum absolute atomic E-state index is 0.179. The second kappa shape index (κ2) is 7.40. The van der Waals surface area contributed by atoms with Crippen molar-refractivity contribution in [3.05, 3.63) is 53.7 Å². The Hall–Kier alpha value is -2.49. The normalized spacial score (nSPS) is 11.0. The molecule has 7 nitrogen and oxygen atoms in total. The fraction of sp³-hybridized carbons (Fsp3) is 0.0625. The third kappa shape index (κ3) is 3.69. The summed E-state index contributed by atoms with van der Waals surface area (Å²) in [5.41, 5.74) is 1.59. The van der Waals surface area contributed by atoms with E-state index >= 15 is 0 Å². The topological polar surface area (TPSA) is 85.1 Å². The molecule has 10 heteroatoms.